The summed E-state index contributed by atoms with van der Waals surface area (Å²) in [6, 6.07) is 13.6. The molecule has 2 N–H and O–H groups in total. The summed E-state index contributed by atoms with van der Waals surface area (Å²) >= 11 is 11.9. The van der Waals surface area contributed by atoms with E-state index in [0.29, 0.717) is 21.9 Å². The minimum Gasteiger partial charge on any atom is -0.496 e. The third-order valence-electron chi connectivity index (χ3n) is 4.44. The highest BCUT2D eigenvalue weighted by Crippen LogP contribution is 2.30. The number of rotatable bonds is 6. The first-order valence-electron chi connectivity index (χ1n) is 8.74. The van der Waals surface area contributed by atoms with Crippen molar-refractivity contribution >= 4 is 35.1 Å². The van der Waals surface area contributed by atoms with E-state index >= 15 is 0 Å². The number of hydrogen-bond acceptors (Lipinski definition) is 3. The number of amides is 1. The number of ether oxygens (including phenoxy) is 1. The number of carboxylic acids is 1. The quantitative estimate of drug-likeness (QED) is 0.527. The second-order valence-corrected chi connectivity index (χ2v) is 7.15. The first-order valence-corrected chi connectivity index (χ1v) is 9.49. The molecule has 0 saturated carbocycles. The summed E-state index contributed by atoms with van der Waals surface area (Å²) in [5.74, 6) is -2.12. The number of aromatic carboxylic acids is 1. The molecule has 3 rings (SSSR count). The van der Waals surface area contributed by atoms with Gasteiger partial charge in [-0.15, -0.1) is 0 Å². The molecule has 5 nitrogen and oxygen atoms in total. The maximum atomic E-state index is 14.6. The van der Waals surface area contributed by atoms with Gasteiger partial charge in [-0.25, -0.2) is 9.18 Å². The Hall–Kier alpha value is -3.09. The van der Waals surface area contributed by atoms with Gasteiger partial charge in [-0.1, -0.05) is 41.4 Å². The Bertz CT molecular complexity index is 1130. The summed E-state index contributed by atoms with van der Waals surface area (Å²) in [6.07, 6.45) is 0. The van der Waals surface area contributed by atoms with E-state index in [1.165, 1.54) is 37.4 Å². The van der Waals surface area contributed by atoms with E-state index in [1.807, 2.05) is 0 Å². The van der Waals surface area contributed by atoms with Crippen LogP contribution >= 0.6 is 23.2 Å². The number of halogens is 3. The van der Waals surface area contributed by atoms with Gasteiger partial charge in [0.15, 0.2) is 0 Å². The van der Waals surface area contributed by atoms with Crippen LogP contribution in [0.2, 0.25) is 10.0 Å². The number of nitrogens with one attached hydrogen (secondary N) is 1. The predicted octanol–water partition coefficient (Wildman–Crippen LogP) is 5.44. The molecule has 154 valence electrons. The van der Waals surface area contributed by atoms with E-state index in [9.17, 15) is 14.0 Å². The Morgan fingerprint density at radius 3 is 2.50 bits per heavy atom. The smallest absolute Gasteiger partial charge is 0.338 e. The lowest BCUT2D eigenvalue weighted by Crippen LogP contribution is -2.23. The normalized spacial score (nSPS) is 10.5. The predicted molar refractivity (Wildman–Crippen MR) is 113 cm³/mol. The Labute approximate surface area is 182 Å². The molecule has 0 saturated heterocycles. The monoisotopic (exact) mass is 447 g/mol. The highest BCUT2D eigenvalue weighted by atomic mass is 35.5. The summed E-state index contributed by atoms with van der Waals surface area (Å²) < 4.78 is 20.0. The van der Waals surface area contributed by atoms with E-state index in [4.69, 9.17) is 33.0 Å². The minimum atomic E-state index is -1.35. The van der Waals surface area contributed by atoms with E-state index in [0.717, 1.165) is 0 Å². The van der Waals surface area contributed by atoms with Crippen molar-refractivity contribution < 1.29 is 23.8 Å². The van der Waals surface area contributed by atoms with Crippen LogP contribution in [0.3, 0.4) is 0 Å². The van der Waals surface area contributed by atoms with Gasteiger partial charge in [0.25, 0.3) is 5.91 Å². The van der Waals surface area contributed by atoms with E-state index < -0.39 is 23.3 Å². The van der Waals surface area contributed by atoms with Gasteiger partial charge in [0.2, 0.25) is 0 Å². The molecule has 1 amide bonds. The first-order chi connectivity index (χ1) is 14.3. The number of benzene rings is 3. The van der Waals surface area contributed by atoms with Crippen LogP contribution in [0, 0.1) is 5.82 Å². The fourth-order valence-corrected chi connectivity index (χ4v) is 3.44. The summed E-state index contributed by atoms with van der Waals surface area (Å²) in [7, 11) is 1.47. The second kappa shape index (κ2) is 9.15. The van der Waals surface area contributed by atoms with Crippen LogP contribution in [0.5, 0.6) is 5.75 Å². The topological polar surface area (TPSA) is 75.6 Å². The molecule has 0 atom stereocenters. The zero-order chi connectivity index (χ0) is 21.8. The Morgan fingerprint density at radius 2 is 1.83 bits per heavy atom. The fraction of sp³-hybridized carbons (Fsp3) is 0.0909. The zero-order valence-corrected chi connectivity index (χ0v) is 17.2. The molecule has 0 aliphatic carbocycles. The summed E-state index contributed by atoms with van der Waals surface area (Å²) in [5.41, 5.74) is 0.997. The van der Waals surface area contributed by atoms with Gasteiger partial charge in [-0.05, 0) is 42.0 Å². The van der Waals surface area contributed by atoms with Crippen LogP contribution in [0.15, 0.2) is 54.6 Å². The van der Waals surface area contributed by atoms with E-state index in [2.05, 4.69) is 5.32 Å². The number of carboxylic acid groups (broad SMARTS) is 1. The Balaban J connectivity index is 1.90. The highest BCUT2D eigenvalue weighted by molar-refractivity contribution is 6.36. The maximum Gasteiger partial charge on any atom is 0.338 e. The van der Waals surface area contributed by atoms with Crippen molar-refractivity contribution in [3.8, 4) is 16.9 Å². The average molecular weight is 448 g/mol. The van der Waals surface area contributed by atoms with Gasteiger partial charge in [-0.2, -0.15) is 0 Å². The minimum absolute atomic E-state index is 0.0784. The van der Waals surface area contributed by atoms with E-state index in [-0.39, 0.29) is 22.7 Å². The van der Waals surface area contributed by atoms with Crippen LogP contribution in [-0.4, -0.2) is 24.1 Å². The molecule has 0 radical (unpaired) electrons. The molecule has 3 aromatic carbocycles. The Kier molecular flexibility index (Phi) is 6.59. The van der Waals surface area contributed by atoms with E-state index in [1.54, 1.807) is 24.3 Å². The van der Waals surface area contributed by atoms with Crippen LogP contribution in [0.25, 0.3) is 11.1 Å². The van der Waals surface area contributed by atoms with Gasteiger partial charge in [0.1, 0.15) is 11.6 Å². The van der Waals surface area contributed by atoms with Gasteiger partial charge in [0.05, 0.1) is 23.3 Å². The molecule has 0 aliphatic heterocycles. The molecule has 0 unspecified atom stereocenters. The zero-order valence-electron chi connectivity index (χ0n) is 15.7. The number of carbonyl (C=O) groups excluding carboxylic acids is 1. The largest absolute Gasteiger partial charge is 0.496 e. The molecule has 0 spiro atoms. The van der Waals surface area contributed by atoms with Gasteiger partial charge in [-0.3, -0.25) is 4.79 Å². The third kappa shape index (κ3) is 4.56. The van der Waals surface area contributed by atoms with Crippen molar-refractivity contribution in [3.63, 3.8) is 0 Å². The summed E-state index contributed by atoms with van der Waals surface area (Å²) in [5, 5.41) is 12.5. The maximum absolute atomic E-state index is 14.6. The van der Waals surface area contributed by atoms with Crippen molar-refractivity contribution in [2.45, 2.75) is 6.54 Å². The molecule has 0 aromatic heterocycles. The van der Waals surface area contributed by atoms with Crippen LogP contribution < -0.4 is 10.1 Å². The van der Waals surface area contributed by atoms with Gasteiger partial charge >= 0.3 is 5.97 Å². The van der Waals surface area contributed by atoms with Crippen molar-refractivity contribution in [1.82, 2.24) is 5.32 Å². The van der Waals surface area contributed by atoms with Crippen LogP contribution in [0.1, 0.15) is 26.3 Å². The molecule has 0 heterocycles. The summed E-state index contributed by atoms with van der Waals surface area (Å²) in [6.45, 7) is 0.0784. The van der Waals surface area contributed by atoms with Crippen molar-refractivity contribution in [3.05, 3.63) is 87.2 Å². The van der Waals surface area contributed by atoms with Gasteiger partial charge < -0.3 is 15.2 Å². The molecule has 8 heteroatoms. The number of carbonyl (C=O) groups is 2. The summed E-state index contributed by atoms with van der Waals surface area (Å²) in [4.78, 5) is 23.7. The molecule has 30 heavy (non-hydrogen) atoms. The lowest BCUT2D eigenvalue weighted by atomic mass is 9.99. The fourth-order valence-electron chi connectivity index (χ4n) is 2.95. The molecule has 0 aliphatic rings. The average Bonchev–Trinajstić information content (AvgIpc) is 2.71. The lowest BCUT2D eigenvalue weighted by molar-refractivity contribution is 0.0691. The molecule has 3 aromatic rings. The van der Waals surface area contributed by atoms with Crippen molar-refractivity contribution in [1.29, 1.82) is 0 Å². The van der Waals surface area contributed by atoms with Gasteiger partial charge in [0, 0.05) is 22.7 Å². The van der Waals surface area contributed by atoms with Crippen LogP contribution in [-0.2, 0) is 6.54 Å². The number of hydrogen-bond donors (Lipinski definition) is 2. The molecule has 0 bridgehead atoms. The molecule has 0 fully saturated rings. The van der Waals surface area contributed by atoms with Crippen molar-refractivity contribution in [2.24, 2.45) is 0 Å². The standard InChI is InChI=1S/C22H16Cl2FNO4/c1-30-19-8-5-12(15-3-2-4-17(20(15)25)22(28)29)9-13(19)11-26-21(27)16-7-6-14(23)10-18(16)24/h2-10H,11H2,1H3,(H,26,27)(H,28,29). The second-order valence-electron chi connectivity index (χ2n) is 6.31. The number of methoxy groups -OCH3 is 1. The lowest BCUT2D eigenvalue weighted by Gasteiger charge is -2.13. The molecular formula is C22H16Cl2FNO4. The first kappa shape index (κ1) is 21.6. The Morgan fingerprint density at radius 1 is 1.07 bits per heavy atom. The molecular weight excluding hydrogens is 432 g/mol. The van der Waals surface area contributed by atoms with Crippen molar-refractivity contribution in [2.75, 3.05) is 7.11 Å². The SMILES string of the molecule is COc1ccc(-c2cccc(C(=O)O)c2F)cc1CNC(=O)c1ccc(Cl)cc1Cl. The third-order valence-corrected chi connectivity index (χ3v) is 4.98. The van der Waals surface area contributed by atoms with Crippen LogP contribution in [0.4, 0.5) is 4.39 Å². The highest BCUT2D eigenvalue weighted by Gasteiger charge is 2.17.